The van der Waals surface area contributed by atoms with Crippen LogP contribution in [-0.4, -0.2) is 37.5 Å². The van der Waals surface area contributed by atoms with Gasteiger partial charge in [-0.2, -0.15) is 0 Å². The van der Waals surface area contributed by atoms with Gasteiger partial charge in [0.15, 0.2) is 0 Å². The molecular weight excluding hydrogens is 294 g/mol. The second-order valence-corrected chi connectivity index (χ2v) is 5.34. The molecule has 0 aromatic heterocycles. The molecule has 5 nitrogen and oxygen atoms in total. The maximum atomic E-state index is 13.1. The second-order valence-electron chi connectivity index (χ2n) is 5.34. The lowest BCUT2D eigenvalue weighted by Gasteiger charge is -2.17. The van der Waals surface area contributed by atoms with Gasteiger partial charge in [0.2, 0.25) is 5.91 Å². The van der Waals surface area contributed by atoms with Crippen LogP contribution in [0, 0.1) is 0 Å². The zero-order chi connectivity index (χ0) is 16.3. The van der Waals surface area contributed by atoms with Crippen LogP contribution in [0.2, 0.25) is 0 Å². The van der Waals surface area contributed by atoms with Crippen LogP contribution in [0.5, 0.6) is 0 Å². The number of alkyl halides is 2. The number of hydrogen-bond donors (Lipinski definition) is 2. The molecule has 0 saturated carbocycles. The van der Waals surface area contributed by atoms with Crippen LogP contribution in [0.15, 0.2) is 24.3 Å². The Hall–Kier alpha value is -2.02. The molecule has 2 rings (SSSR count). The number of rotatable bonds is 4. The van der Waals surface area contributed by atoms with Crippen LogP contribution in [0.25, 0.3) is 0 Å². The monoisotopic (exact) mass is 312 g/mol. The summed E-state index contributed by atoms with van der Waals surface area (Å²) in [5, 5.41) is 5.20. The molecule has 1 aromatic rings. The van der Waals surface area contributed by atoms with E-state index in [-0.39, 0.29) is 6.04 Å². The first-order valence-electron chi connectivity index (χ1n) is 6.92. The predicted octanol–water partition coefficient (Wildman–Crippen LogP) is 1.65. The smallest absolute Gasteiger partial charge is 0.337 e. The molecule has 22 heavy (non-hydrogen) atoms. The zero-order valence-electron chi connectivity index (χ0n) is 12.4. The largest absolute Gasteiger partial charge is 0.465 e. The standard InChI is InChI=1S/C15H18F2N2O3/c1-9(10-3-5-11(6-4-10)14(21)22-2)19-13(20)12-7-15(16,17)8-18-12/h3-6,9,12,18H,7-8H2,1-2H3,(H,19,20). The molecule has 0 spiro atoms. The van der Waals surface area contributed by atoms with Crippen molar-refractivity contribution in [1.82, 2.24) is 10.6 Å². The van der Waals surface area contributed by atoms with E-state index >= 15 is 0 Å². The van der Waals surface area contributed by atoms with Crippen molar-refractivity contribution in [3.8, 4) is 0 Å². The summed E-state index contributed by atoms with van der Waals surface area (Å²) in [7, 11) is 1.30. The van der Waals surface area contributed by atoms with Crippen LogP contribution in [0.3, 0.4) is 0 Å². The number of esters is 1. The minimum Gasteiger partial charge on any atom is -0.465 e. The Labute approximate surface area is 127 Å². The molecule has 0 bridgehead atoms. The van der Waals surface area contributed by atoms with Crippen molar-refractivity contribution in [3.05, 3.63) is 35.4 Å². The lowest BCUT2D eigenvalue weighted by Crippen LogP contribution is -2.41. The van der Waals surface area contributed by atoms with Crippen molar-refractivity contribution in [1.29, 1.82) is 0 Å². The SMILES string of the molecule is COC(=O)c1ccc(C(C)NC(=O)C2CC(F)(F)CN2)cc1. The highest BCUT2D eigenvalue weighted by atomic mass is 19.3. The first kappa shape index (κ1) is 16.4. The molecule has 7 heteroatoms. The van der Waals surface area contributed by atoms with E-state index in [1.54, 1.807) is 31.2 Å². The molecule has 0 radical (unpaired) electrons. The summed E-state index contributed by atoms with van der Waals surface area (Å²) in [6.45, 7) is 1.27. The molecule has 1 aromatic carbocycles. The average molecular weight is 312 g/mol. The molecule has 2 N–H and O–H groups in total. The van der Waals surface area contributed by atoms with Gasteiger partial charge in [0.05, 0.1) is 31.3 Å². The zero-order valence-corrected chi connectivity index (χ0v) is 12.4. The Morgan fingerprint density at radius 3 is 2.50 bits per heavy atom. The Bertz CT molecular complexity index is 560. The summed E-state index contributed by atoms with van der Waals surface area (Å²) in [5.74, 6) is -3.74. The minimum absolute atomic E-state index is 0.352. The number of carbonyl (C=O) groups is 2. The van der Waals surface area contributed by atoms with Crippen molar-refractivity contribution in [2.24, 2.45) is 0 Å². The van der Waals surface area contributed by atoms with Crippen molar-refractivity contribution < 1.29 is 23.1 Å². The molecule has 1 heterocycles. The van der Waals surface area contributed by atoms with Gasteiger partial charge in [0, 0.05) is 6.42 Å². The summed E-state index contributed by atoms with van der Waals surface area (Å²) in [6, 6.07) is 5.32. The summed E-state index contributed by atoms with van der Waals surface area (Å²) < 4.78 is 30.8. The van der Waals surface area contributed by atoms with Gasteiger partial charge in [-0.25, -0.2) is 13.6 Å². The highest BCUT2D eigenvalue weighted by Gasteiger charge is 2.42. The van der Waals surface area contributed by atoms with E-state index in [9.17, 15) is 18.4 Å². The highest BCUT2D eigenvalue weighted by molar-refractivity contribution is 5.89. The normalized spacial score (nSPS) is 21.2. The number of halogens is 2. The molecule has 1 saturated heterocycles. The first-order chi connectivity index (χ1) is 10.3. The molecular formula is C15H18F2N2O3. The van der Waals surface area contributed by atoms with Gasteiger partial charge in [-0.15, -0.1) is 0 Å². The number of hydrogen-bond acceptors (Lipinski definition) is 4. The minimum atomic E-state index is -2.84. The van der Waals surface area contributed by atoms with Gasteiger partial charge in [-0.05, 0) is 24.6 Å². The fourth-order valence-electron chi connectivity index (χ4n) is 2.32. The average Bonchev–Trinajstić information content (AvgIpc) is 2.86. The van der Waals surface area contributed by atoms with Crippen LogP contribution >= 0.6 is 0 Å². The van der Waals surface area contributed by atoms with E-state index in [1.165, 1.54) is 7.11 Å². The van der Waals surface area contributed by atoms with Crippen molar-refractivity contribution in [3.63, 3.8) is 0 Å². The number of methoxy groups -OCH3 is 1. The van der Waals surface area contributed by atoms with E-state index in [4.69, 9.17) is 0 Å². The van der Waals surface area contributed by atoms with E-state index in [0.29, 0.717) is 5.56 Å². The second kappa shape index (κ2) is 6.39. The maximum Gasteiger partial charge on any atom is 0.337 e. The molecule has 1 amide bonds. The maximum absolute atomic E-state index is 13.1. The van der Waals surface area contributed by atoms with Crippen LogP contribution in [0.1, 0.15) is 35.3 Å². The van der Waals surface area contributed by atoms with Gasteiger partial charge in [-0.1, -0.05) is 12.1 Å². The van der Waals surface area contributed by atoms with Crippen molar-refractivity contribution in [2.45, 2.75) is 31.4 Å². The molecule has 120 valence electrons. The van der Waals surface area contributed by atoms with Crippen molar-refractivity contribution in [2.75, 3.05) is 13.7 Å². The Balaban J connectivity index is 1.96. The quantitative estimate of drug-likeness (QED) is 0.830. The predicted molar refractivity (Wildman–Crippen MR) is 75.7 cm³/mol. The third-order valence-electron chi connectivity index (χ3n) is 3.62. The van der Waals surface area contributed by atoms with E-state index in [2.05, 4.69) is 15.4 Å². The molecule has 0 aliphatic carbocycles. The van der Waals surface area contributed by atoms with E-state index in [0.717, 1.165) is 5.56 Å². The molecule has 2 unspecified atom stereocenters. The third-order valence-corrected chi connectivity index (χ3v) is 3.62. The molecule has 2 atom stereocenters. The number of nitrogens with one attached hydrogen (secondary N) is 2. The number of amides is 1. The van der Waals surface area contributed by atoms with E-state index < -0.39 is 36.8 Å². The summed E-state index contributed by atoms with van der Waals surface area (Å²) in [4.78, 5) is 23.3. The Kier molecular flexibility index (Phi) is 4.75. The summed E-state index contributed by atoms with van der Waals surface area (Å²) >= 11 is 0. The highest BCUT2D eigenvalue weighted by Crippen LogP contribution is 2.25. The van der Waals surface area contributed by atoms with Crippen molar-refractivity contribution >= 4 is 11.9 Å². The lowest BCUT2D eigenvalue weighted by atomic mass is 10.1. The van der Waals surface area contributed by atoms with Gasteiger partial charge in [-0.3, -0.25) is 10.1 Å². The number of benzene rings is 1. The third kappa shape index (κ3) is 3.79. The lowest BCUT2D eigenvalue weighted by molar-refractivity contribution is -0.124. The van der Waals surface area contributed by atoms with Gasteiger partial charge >= 0.3 is 5.97 Å². The number of ether oxygens (including phenoxy) is 1. The summed E-state index contributed by atoms with van der Waals surface area (Å²) in [6.07, 6.45) is -0.493. The molecule has 1 aliphatic heterocycles. The van der Waals surface area contributed by atoms with Crippen LogP contribution < -0.4 is 10.6 Å². The van der Waals surface area contributed by atoms with Gasteiger partial charge in [0.1, 0.15) is 0 Å². The van der Waals surface area contributed by atoms with Gasteiger partial charge < -0.3 is 10.1 Å². The Morgan fingerprint density at radius 1 is 1.36 bits per heavy atom. The number of carbonyl (C=O) groups excluding carboxylic acids is 2. The van der Waals surface area contributed by atoms with E-state index in [1.807, 2.05) is 0 Å². The van der Waals surface area contributed by atoms with Crippen LogP contribution in [0.4, 0.5) is 8.78 Å². The first-order valence-corrected chi connectivity index (χ1v) is 6.92. The topological polar surface area (TPSA) is 67.4 Å². The van der Waals surface area contributed by atoms with Crippen LogP contribution in [-0.2, 0) is 9.53 Å². The fourth-order valence-corrected chi connectivity index (χ4v) is 2.32. The Morgan fingerprint density at radius 2 is 2.00 bits per heavy atom. The fraction of sp³-hybridized carbons (Fsp3) is 0.467. The molecule has 1 aliphatic rings. The van der Waals surface area contributed by atoms with Gasteiger partial charge in [0.25, 0.3) is 5.92 Å². The molecule has 1 fully saturated rings. The summed E-state index contributed by atoms with van der Waals surface area (Å²) in [5.41, 5.74) is 1.17.